The van der Waals surface area contributed by atoms with Crippen molar-refractivity contribution in [2.45, 2.75) is 44.2 Å². The van der Waals surface area contributed by atoms with Crippen molar-refractivity contribution in [3.05, 3.63) is 23.8 Å². The number of imide groups is 1. The van der Waals surface area contributed by atoms with Crippen LogP contribution in [0.15, 0.2) is 18.2 Å². The molecule has 2 fully saturated rings. The van der Waals surface area contributed by atoms with Gasteiger partial charge in [0.05, 0.1) is 6.04 Å². The molecule has 4 rings (SSSR count). The highest BCUT2D eigenvalue weighted by atomic mass is 16.6. The molecule has 8 nitrogen and oxygen atoms in total. The summed E-state index contributed by atoms with van der Waals surface area (Å²) in [4.78, 5) is 38.3. The van der Waals surface area contributed by atoms with Crippen LogP contribution in [0.2, 0.25) is 0 Å². The third-order valence-electron chi connectivity index (χ3n) is 5.45. The van der Waals surface area contributed by atoms with Crippen LogP contribution in [0, 0.1) is 0 Å². The van der Waals surface area contributed by atoms with Crippen LogP contribution in [-0.2, 0) is 9.59 Å². The van der Waals surface area contributed by atoms with Crippen LogP contribution in [0.1, 0.15) is 44.2 Å². The van der Waals surface area contributed by atoms with Crippen LogP contribution in [0.25, 0.3) is 0 Å². The van der Waals surface area contributed by atoms with Gasteiger partial charge in [0.1, 0.15) is 25.3 Å². The molecule has 0 unspecified atom stereocenters. The van der Waals surface area contributed by atoms with Gasteiger partial charge in [-0.1, -0.05) is 18.9 Å². The van der Waals surface area contributed by atoms with E-state index in [2.05, 4.69) is 10.6 Å². The summed E-state index contributed by atoms with van der Waals surface area (Å²) in [7, 11) is 0. The van der Waals surface area contributed by atoms with E-state index < -0.39 is 11.6 Å². The normalized spacial score (nSPS) is 21.3. The van der Waals surface area contributed by atoms with Crippen LogP contribution in [0.4, 0.5) is 4.79 Å². The molecule has 0 radical (unpaired) electrons. The van der Waals surface area contributed by atoms with Gasteiger partial charge in [-0.3, -0.25) is 14.5 Å². The Morgan fingerprint density at radius 2 is 1.93 bits per heavy atom. The van der Waals surface area contributed by atoms with Crippen LogP contribution in [0.5, 0.6) is 11.5 Å². The van der Waals surface area contributed by atoms with Gasteiger partial charge in [-0.15, -0.1) is 0 Å². The Balaban J connectivity index is 1.39. The lowest BCUT2D eigenvalue weighted by Gasteiger charge is -2.22. The van der Waals surface area contributed by atoms with Crippen molar-refractivity contribution in [1.29, 1.82) is 0 Å². The van der Waals surface area contributed by atoms with E-state index in [1.165, 1.54) is 0 Å². The second-order valence-corrected chi connectivity index (χ2v) is 7.30. The fourth-order valence-electron chi connectivity index (χ4n) is 3.98. The zero-order valence-corrected chi connectivity index (χ0v) is 15.2. The third-order valence-corrected chi connectivity index (χ3v) is 5.45. The van der Waals surface area contributed by atoms with Crippen molar-refractivity contribution < 1.29 is 23.9 Å². The molecule has 3 aliphatic rings. The van der Waals surface area contributed by atoms with Crippen LogP contribution in [0.3, 0.4) is 0 Å². The molecule has 27 heavy (non-hydrogen) atoms. The van der Waals surface area contributed by atoms with Crippen molar-refractivity contribution in [3.8, 4) is 11.5 Å². The number of urea groups is 1. The zero-order valence-electron chi connectivity index (χ0n) is 15.2. The van der Waals surface area contributed by atoms with Crippen LogP contribution < -0.4 is 20.1 Å². The van der Waals surface area contributed by atoms with Crippen molar-refractivity contribution in [2.24, 2.45) is 0 Å². The highest BCUT2D eigenvalue weighted by Gasteiger charge is 2.52. The molecular weight excluding hydrogens is 350 g/mol. The van der Waals surface area contributed by atoms with Crippen LogP contribution in [-0.4, -0.2) is 48.0 Å². The van der Waals surface area contributed by atoms with E-state index in [0.29, 0.717) is 37.6 Å². The molecule has 1 aromatic carbocycles. The minimum Gasteiger partial charge on any atom is -0.486 e. The van der Waals surface area contributed by atoms with E-state index in [1.807, 2.05) is 25.1 Å². The first-order valence-corrected chi connectivity index (χ1v) is 9.31. The van der Waals surface area contributed by atoms with Gasteiger partial charge in [0, 0.05) is 0 Å². The molecule has 1 atom stereocenters. The number of nitrogens with zero attached hydrogens (tertiary/aromatic N) is 1. The van der Waals surface area contributed by atoms with E-state index in [0.717, 1.165) is 23.3 Å². The molecule has 1 spiro atoms. The summed E-state index contributed by atoms with van der Waals surface area (Å²) in [6.07, 6.45) is 3.10. The largest absolute Gasteiger partial charge is 0.486 e. The zero-order chi connectivity index (χ0) is 19.0. The number of hydrogen-bond acceptors (Lipinski definition) is 5. The molecule has 1 aromatic rings. The molecule has 0 bridgehead atoms. The number of benzene rings is 1. The summed E-state index contributed by atoms with van der Waals surface area (Å²) in [5.41, 5.74) is 0.0655. The Kier molecular flexibility index (Phi) is 4.41. The van der Waals surface area contributed by atoms with E-state index >= 15 is 0 Å². The van der Waals surface area contributed by atoms with Gasteiger partial charge in [-0.05, 0) is 37.5 Å². The number of ether oxygens (including phenoxy) is 2. The Morgan fingerprint density at radius 3 is 2.67 bits per heavy atom. The maximum Gasteiger partial charge on any atom is 0.325 e. The third kappa shape index (κ3) is 3.20. The molecule has 0 aromatic heterocycles. The van der Waals surface area contributed by atoms with E-state index in [-0.39, 0.29) is 24.4 Å². The summed E-state index contributed by atoms with van der Waals surface area (Å²) in [6.45, 7) is 2.58. The average molecular weight is 373 g/mol. The lowest BCUT2D eigenvalue weighted by Crippen LogP contribution is -2.45. The highest BCUT2D eigenvalue weighted by Crippen LogP contribution is 2.35. The first-order valence-electron chi connectivity index (χ1n) is 9.31. The molecular formula is C19H23N3O5. The number of carbonyl (C=O) groups is 3. The molecule has 1 saturated carbocycles. The Hall–Kier alpha value is -2.77. The molecule has 2 heterocycles. The standard InChI is InChI=1S/C19H23N3O5/c1-12(13-4-5-14-15(10-13)27-9-8-26-14)20-16(23)11-22-17(24)19(21-18(22)25)6-2-3-7-19/h4-5,10,12H,2-3,6-9,11H2,1H3,(H,20,23)(H,21,25)/t12-/m1/s1. The lowest BCUT2D eigenvalue weighted by molar-refractivity contribution is -0.135. The number of fused-ring (bicyclic) bond motifs is 1. The van der Waals surface area contributed by atoms with Gasteiger partial charge in [0.25, 0.3) is 5.91 Å². The summed E-state index contributed by atoms with van der Waals surface area (Å²) in [5, 5.41) is 5.62. The topological polar surface area (TPSA) is 97.0 Å². The first-order chi connectivity index (χ1) is 13.0. The minimum atomic E-state index is -0.793. The Bertz CT molecular complexity index is 788. The smallest absolute Gasteiger partial charge is 0.325 e. The SMILES string of the molecule is C[C@@H](NC(=O)CN1C(=O)NC2(CCCC2)C1=O)c1ccc2c(c1)OCCO2. The molecule has 1 saturated heterocycles. The summed E-state index contributed by atoms with van der Waals surface area (Å²) in [6, 6.07) is 4.73. The maximum absolute atomic E-state index is 12.6. The van der Waals surface area contributed by atoms with Crippen molar-refractivity contribution in [2.75, 3.05) is 19.8 Å². The average Bonchev–Trinajstić information content (AvgIpc) is 3.22. The Labute approximate surface area is 157 Å². The predicted molar refractivity (Wildman–Crippen MR) is 95.4 cm³/mol. The van der Waals surface area contributed by atoms with Gasteiger partial charge in [0.2, 0.25) is 5.91 Å². The monoisotopic (exact) mass is 373 g/mol. The second-order valence-electron chi connectivity index (χ2n) is 7.30. The van der Waals surface area contributed by atoms with Gasteiger partial charge in [-0.25, -0.2) is 4.79 Å². The van der Waals surface area contributed by atoms with E-state index in [4.69, 9.17) is 9.47 Å². The number of nitrogens with one attached hydrogen (secondary N) is 2. The molecule has 8 heteroatoms. The quantitative estimate of drug-likeness (QED) is 0.780. The number of carbonyl (C=O) groups excluding carboxylic acids is 3. The number of amides is 4. The molecule has 1 aliphatic carbocycles. The van der Waals surface area contributed by atoms with Gasteiger partial charge in [-0.2, -0.15) is 0 Å². The van der Waals surface area contributed by atoms with Gasteiger partial charge in [0.15, 0.2) is 11.5 Å². The van der Waals surface area contributed by atoms with Gasteiger partial charge < -0.3 is 20.1 Å². The summed E-state index contributed by atoms with van der Waals surface area (Å²) < 4.78 is 11.1. The maximum atomic E-state index is 12.6. The van der Waals surface area contributed by atoms with Gasteiger partial charge >= 0.3 is 6.03 Å². The van der Waals surface area contributed by atoms with Crippen molar-refractivity contribution in [1.82, 2.24) is 15.5 Å². The summed E-state index contributed by atoms with van der Waals surface area (Å²) in [5.74, 6) is 0.671. The highest BCUT2D eigenvalue weighted by molar-refractivity contribution is 6.09. The van der Waals surface area contributed by atoms with Crippen LogP contribution >= 0.6 is 0 Å². The van der Waals surface area contributed by atoms with E-state index in [9.17, 15) is 14.4 Å². The molecule has 144 valence electrons. The minimum absolute atomic E-state index is 0.276. The fourth-order valence-corrected chi connectivity index (χ4v) is 3.98. The number of rotatable bonds is 4. The predicted octanol–water partition coefficient (Wildman–Crippen LogP) is 1.50. The summed E-state index contributed by atoms with van der Waals surface area (Å²) >= 11 is 0. The first kappa shape index (κ1) is 17.6. The van der Waals surface area contributed by atoms with Crippen molar-refractivity contribution >= 4 is 17.8 Å². The van der Waals surface area contributed by atoms with Crippen molar-refractivity contribution in [3.63, 3.8) is 0 Å². The Morgan fingerprint density at radius 1 is 1.22 bits per heavy atom. The molecule has 2 N–H and O–H groups in total. The van der Waals surface area contributed by atoms with E-state index in [1.54, 1.807) is 0 Å². The number of hydrogen-bond donors (Lipinski definition) is 2. The lowest BCUT2D eigenvalue weighted by atomic mass is 9.98. The second kappa shape index (κ2) is 6.75. The molecule has 4 amide bonds. The molecule has 2 aliphatic heterocycles. The fraction of sp³-hybridized carbons (Fsp3) is 0.526.